The summed E-state index contributed by atoms with van der Waals surface area (Å²) in [6, 6.07) is 0.342. The maximum absolute atomic E-state index is 11.1. The first-order valence-electron chi connectivity index (χ1n) is 4.91. The van der Waals surface area contributed by atoms with E-state index in [2.05, 4.69) is 10.6 Å². The Bertz CT molecular complexity index is 230. The lowest BCUT2D eigenvalue weighted by atomic mass is 10.4. The molecular formula is C9H17N3OS. The third-order valence-electron chi connectivity index (χ3n) is 2.01. The summed E-state index contributed by atoms with van der Waals surface area (Å²) in [7, 11) is 0. The number of hydrogen-bond acceptors (Lipinski definition) is 2. The lowest BCUT2D eigenvalue weighted by molar-refractivity contribution is -0.120. The molecule has 1 fully saturated rings. The van der Waals surface area contributed by atoms with Crippen LogP contribution in [0.4, 0.5) is 0 Å². The number of carbonyl (C=O) groups excluding carboxylic acids is 1. The van der Waals surface area contributed by atoms with Gasteiger partial charge < -0.3 is 15.5 Å². The van der Waals surface area contributed by atoms with Crippen LogP contribution in [-0.2, 0) is 4.79 Å². The predicted molar refractivity (Wildman–Crippen MR) is 60.1 cm³/mol. The fraction of sp³-hybridized carbons (Fsp3) is 0.778. The quantitative estimate of drug-likeness (QED) is 0.609. The van der Waals surface area contributed by atoms with Crippen LogP contribution in [0.1, 0.15) is 20.3 Å². The average molecular weight is 215 g/mol. The summed E-state index contributed by atoms with van der Waals surface area (Å²) < 4.78 is 0. The van der Waals surface area contributed by atoms with Crippen LogP contribution in [0.2, 0.25) is 0 Å². The van der Waals surface area contributed by atoms with E-state index in [1.165, 1.54) is 0 Å². The van der Waals surface area contributed by atoms with Gasteiger partial charge in [-0.3, -0.25) is 4.79 Å². The highest BCUT2D eigenvalue weighted by molar-refractivity contribution is 7.80. The topological polar surface area (TPSA) is 44.4 Å². The van der Waals surface area contributed by atoms with Gasteiger partial charge in [-0.25, -0.2) is 0 Å². The Kier molecular flexibility index (Phi) is 4.13. The summed E-state index contributed by atoms with van der Waals surface area (Å²) in [5, 5.41) is 6.73. The molecule has 2 N–H and O–H groups in total. The first-order valence-corrected chi connectivity index (χ1v) is 5.32. The molecule has 1 aliphatic rings. The highest BCUT2D eigenvalue weighted by atomic mass is 32.1. The van der Waals surface area contributed by atoms with Crippen molar-refractivity contribution in [3.8, 4) is 0 Å². The van der Waals surface area contributed by atoms with Gasteiger partial charge in [-0.05, 0) is 26.1 Å². The summed E-state index contributed by atoms with van der Waals surface area (Å²) in [4.78, 5) is 13.1. The number of rotatable bonds is 1. The Morgan fingerprint density at radius 1 is 1.57 bits per heavy atom. The van der Waals surface area contributed by atoms with E-state index in [1.54, 1.807) is 0 Å². The molecule has 14 heavy (non-hydrogen) atoms. The van der Waals surface area contributed by atoms with Crippen molar-refractivity contribution in [2.24, 2.45) is 0 Å². The van der Waals surface area contributed by atoms with Crippen molar-refractivity contribution in [3.63, 3.8) is 0 Å². The summed E-state index contributed by atoms with van der Waals surface area (Å²) in [5.74, 6) is 0.111. The van der Waals surface area contributed by atoms with E-state index in [4.69, 9.17) is 12.2 Å². The minimum absolute atomic E-state index is 0.111. The average Bonchev–Trinajstić information content (AvgIpc) is 2.28. The van der Waals surface area contributed by atoms with E-state index in [-0.39, 0.29) is 5.91 Å². The Morgan fingerprint density at radius 3 is 2.93 bits per heavy atom. The molecule has 0 spiro atoms. The van der Waals surface area contributed by atoms with Crippen molar-refractivity contribution in [1.29, 1.82) is 0 Å². The van der Waals surface area contributed by atoms with Gasteiger partial charge in [-0.1, -0.05) is 0 Å². The molecule has 1 rings (SSSR count). The summed E-state index contributed by atoms with van der Waals surface area (Å²) in [5.41, 5.74) is 0. The molecule has 80 valence electrons. The van der Waals surface area contributed by atoms with E-state index in [9.17, 15) is 4.79 Å². The monoisotopic (exact) mass is 215 g/mol. The number of hydrogen-bond donors (Lipinski definition) is 2. The second-order valence-electron chi connectivity index (χ2n) is 3.69. The van der Waals surface area contributed by atoms with Crippen molar-refractivity contribution in [2.75, 3.05) is 19.6 Å². The number of nitrogens with one attached hydrogen (secondary N) is 2. The minimum Gasteiger partial charge on any atom is -0.360 e. The molecule has 0 atom stereocenters. The van der Waals surface area contributed by atoms with Crippen LogP contribution in [0.5, 0.6) is 0 Å². The molecule has 1 saturated heterocycles. The van der Waals surface area contributed by atoms with Gasteiger partial charge in [0.25, 0.3) is 0 Å². The van der Waals surface area contributed by atoms with Crippen LogP contribution in [0.15, 0.2) is 0 Å². The SMILES string of the molecule is CC(C)NC(=S)N1CCNC(=O)CC1. The molecule has 1 heterocycles. The zero-order valence-electron chi connectivity index (χ0n) is 8.67. The molecule has 1 amide bonds. The van der Waals surface area contributed by atoms with Gasteiger partial charge in [-0.2, -0.15) is 0 Å². The maximum Gasteiger partial charge on any atom is 0.221 e. The van der Waals surface area contributed by atoms with Crippen LogP contribution >= 0.6 is 12.2 Å². The molecule has 0 radical (unpaired) electrons. The molecule has 1 aliphatic heterocycles. The Balaban J connectivity index is 2.43. The van der Waals surface area contributed by atoms with Gasteiger partial charge >= 0.3 is 0 Å². The Hall–Kier alpha value is -0.840. The minimum atomic E-state index is 0.111. The Morgan fingerprint density at radius 2 is 2.29 bits per heavy atom. The molecule has 5 heteroatoms. The molecular weight excluding hydrogens is 198 g/mol. The lowest BCUT2D eigenvalue weighted by Gasteiger charge is -2.24. The van der Waals surface area contributed by atoms with E-state index in [0.717, 1.165) is 11.7 Å². The van der Waals surface area contributed by atoms with Crippen LogP contribution in [0, 0.1) is 0 Å². The zero-order chi connectivity index (χ0) is 10.6. The largest absolute Gasteiger partial charge is 0.360 e. The van der Waals surface area contributed by atoms with Gasteiger partial charge in [0.1, 0.15) is 0 Å². The van der Waals surface area contributed by atoms with Crippen molar-refractivity contribution in [2.45, 2.75) is 26.3 Å². The van der Waals surface area contributed by atoms with Gasteiger partial charge in [0.05, 0.1) is 0 Å². The summed E-state index contributed by atoms with van der Waals surface area (Å²) >= 11 is 5.22. The first-order chi connectivity index (χ1) is 6.59. The molecule has 0 aromatic rings. The van der Waals surface area contributed by atoms with Crippen LogP contribution in [0.3, 0.4) is 0 Å². The van der Waals surface area contributed by atoms with E-state index in [0.29, 0.717) is 25.6 Å². The fourth-order valence-corrected chi connectivity index (χ4v) is 1.73. The molecule has 0 unspecified atom stereocenters. The van der Waals surface area contributed by atoms with Crippen LogP contribution in [0.25, 0.3) is 0 Å². The first kappa shape index (κ1) is 11.2. The second-order valence-corrected chi connectivity index (χ2v) is 4.08. The van der Waals surface area contributed by atoms with Gasteiger partial charge in [-0.15, -0.1) is 0 Å². The molecule has 0 aliphatic carbocycles. The smallest absolute Gasteiger partial charge is 0.221 e. The number of amides is 1. The lowest BCUT2D eigenvalue weighted by Crippen LogP contribution is -2.44. The fourth-order valence-electron chi connectivity index (χ4n) is 1.31. The van der Waals surface area contributed by atoms with E-state index >= 15 is 0 Å². The number of nitrogens with zero attached hydrogens (tertiary/aromatic N) is 1. The molecule has 0 aromatic heterocycles. The number of carbonyl (C=O) groups is 1. The van der Waals surface area contributed by atoms with Crippen LogP contribution < -0.4 is 10.6 Å². The van der Waals surface area contributed by atoms with Crippen molar-refractivity contribution in [3.05, 3.63) is 0 Å². The summed E-state index contributed by atoms with van der Waals surface area (Å²) in [6.07, 6.45) is 0.528. The zero-order valence-corrected chi connectivity index (χ0v) is 9.49. The molecule has 0 bridgehead atoms. The third kappa shape index (κ3) is 3.49. The number of thiocarbonyl (C=S) groups is 1. The molecule has 4 nitrogen and oxygen atoms in total. The molecule has 0 aromatic carbocycles. The highest BCUT2D eigenvalue weighted by Crippen LogP contribution is 1.97. The van der Waals surface area contributed by atoms with Crippen LogP contribution in [-0.4, -0.2) is 41.6 Å². The van der Waals surface area contributed by atoms with Crippen molar-refractivity contribution in [1.82, 2.24) is 15.5 Å². The van der Waals surface area contributed by atoms with E-state index < -0.39 is 0 Å². The standard InChI is InChI=1S/C9H17N3OS/c1-7(2)11-9(14)12-5-3-8(13)10-4-6-12/h7H,3-6H2,1-2H3,(H,10,13)(H,11,14). The second kappa shape index (κ2) is 5.14. The van der Waals surface area contributed by atoms with Gasteiger partial charge in [0, 0.05) is 32.1 Å². The molecule has 0 saturated carbocycles. The van der Waals surface area contributed by atoms with Gasteiger partial charge in [0.2, 0.25) is 5.91 Å². The van der Waals surface area contributed by atoms with Gasteiger partial charge in [0.15, 0.2) is 5.11 Å². The predicted octanol–water partition coefficient (Wildman–Crippen LogP) is 0.0912. The van der Waals surface area contributed by atoms with Crippen molar-refractivity contribution >= 4 is 23.2 Å². The highest BCUT2D eigenvalue weighted by Gasteiger charge is 2.15. The normalized spacial score (nSPS) is 17.6. The summed E-state index contributed by atoms with van der Waals surface area (Å²) in [6.45, 7) is 6.29. The Labute approximate surface area is 90.0 Å². The van der Waals surface area contributed by atoms with E-state index in [1.807, 2.05) is 18.7 Å². The maximum atomic E-state index is 11.1. The third-order valence-corrected chi connectivity index (χ3v) is 2.39. The van der Waals surface area contributed by atoms with Crippen molar-refractivity contribution < 1.29 is 4.79 Å².